The second kappa shape index (κ2) is 8.93. The summed E-state index contributed by atoms with van der Waals surface area (Å²) < 4.78 is 10.5. The molecule has 2 aliphatic rings. The fraction of sp³-hybridized carbons (Fsp3) is 0.562. The Morgan fingerprint density at radius 1 is 1.33 bits per heavy atom. The monoisotopic (exact) mass is 390 g/mol. The van der Waals surface area contributed by atoms with Crippen molar-refractivity contribution in [1.82, 2.24) is 9.88 Å². The first-order valence-electron chi connectivity index (χ1n) is 8.04. The van der Waals surface area contributed by atoms with E-state index in [-0.39, 0.29) is 47.9 Å². The first-order chi connectivity index (χ1) is 12.3. The number of likely N-dealkylation sites (N-methyl/N-ethyl adjacent to an activating group) is 1. The number of aliphatic carboxylic acids is 1. The second-order valence-corrected chi connectivity index (χ2v) is 6.33. The summed E-state index contributed by atoms with van der Waals surface area (Å²) >= 11 is 0. The van der Waals surface area contributed by atoms with Crippen molar-refractivity contribution in [3.63, 3.8) is 0 Å². The van der Waals surface area contributed by atoms with E-state index in [1.165, 1.54) is 4.90 Å². The van der Waals surface area contributed by atoms with Crippen LogP contribution in [-0.2, 0) is 19.1 Å². The number of ether oxygens (including phenoxy) is 2. The molecule has 27 heavy (non-hydrogen) atoms. The van der Waals surface area contributed by atoms with Crippen LogP contribution in [0.5, 0.6) is 0 Å². The number of pyridine rings is 1. The van der Waals surface area contributed by atoms with Crippen LogP contribution in [0.15, 0.2) is 24.5 Å². The third-order valence-electron chi connectivity index (χ3n) is 4.70. The standard InChI is InChI=1S/C16H20N2O8.Na/c1-18-8(7-3-2-4-17-6-7)5-9(14(18)22)25-16-12(21)10(19)11(20)13(26-16)15(23)24;/h2-4,6,8-13,16,19-21H,5H2,1H3,(H,23,24);/q;+1/p-1/t8-,9+,10-,11-,12+,13-,16+;/m0./s1. The summed E-state index contributed by atoms with van der Waals surface area (Å²) in [7, 11) is 1.59. The molecule has 1 amide bonds. The van der Waals surface area contributed by atoms with E-state index < -0.39 is 42.8 Å². The van der Waals surface area contributed by atoms with Crippen molar-refractivity contribution in [2.45, 2.75) is 49.3 Å². The minimum Gasteiger partial charge on any atom is -0.547 e. The van der Waals surface area contributed by atoms with Crippen LogP contribution in [-0.4, -0.2) is 80.9 Å². The number of aliphatic hydroxyl groups excluding tert-OH is 3. The van der Waals surface area contributed by atoms with Crippen LogP contribution in [0.4, 0.5) is 0 Å². The number of hydrogen-bond donors (Lipinski definition) is 3. The third kappa shape index (κ3) is 4.33. The molecule has 3 heterocycles. The SMILES string of the molecule is CN1C(=O)[C@H](O[C@@H]2O[C@H](C(=O)[O-])[C@@H](O)[C@H](O)[C@H]2O)C[C@H]1c1cccnc1.[Na+]. The maximum Gasteiger partial charge on any atom is 1.00 e. The van der Waals surface area contributed by atoms with Gasteiger partial charge in [0.05, 0.1) is 12.0 Å². The average Bonchev–Trinajstić information content (AvgIpc) is 2.91. The molecule has 10 nitrogen and oxygen atoms in total. The van der Waals surface area contributed by atoms with Gasteiger partial charge >= 0.3 is 29.6 Å². The van der Waals surface area contributed by atoms with Gasteiger partial charge in [0.25, 0.3) is 5.91 Å². The molecule has 11 heteroatoms. The van der Waals surface area contributed by atoms with E-state index in [9.17, 15) is 30.0 Å². The van der Waals surface area contributed by atoms with Crippen molar-refractivity contribution in [1.29, 1.82) is 0 Å². The number of nitrogens with zero attached hydrogens (tertiary/aromatic N) is 2. The predicted molar refractivity (Wildman–Crippen MR) is 80.9 cm³/mol. The number of hydrogen-bond acceptors (Lipinski definition) is 9. The molecule has 0 radical (unpaired) electrons. The molecule has 1 aromatic rings. The molecule has 0 aromatic carbocycles. The van der Waals surface area contributed by atoms with E-state index in [0.717, 1.165) is 5.56 Å². The number of likely N-dealkylation sites (tertiary alicyclic amines) is 1. The first kappa shape index (κ1) is 22.2. The summed E-state index contributed by atoms with van der Waals surface area (Å²) in [5.74, 6) is -2.15. The van der Waals surface area contributed by atoms with E-state index in [1.54, 1.807) is 25.5 Å². The molecule has 0 unspecified atom stereocenters. The molecule has 7 atom stereocenters. The van der Waals surface area contributed by atoms with Gasteiger partial charge in [0.15, 0.2) is 6.29 Å². The quantitative estimate of drug-likeness (QED) is 0.426. The van der Waals surface area contributed by atoms with Gasteiger partial charge in [0, 0.05) is 25.9 Å². The molecular formula is C16H19N2NaO8. The predicted octanol–water partition coefficient (Wildman–Crippen LogP) is -6.07. The molecule has 2 fully saturated rings. The van der Waals surface area contributed by atoms with Gasteiger partial charge in [-0.2, -0.15) is 0 Å². The van der Waals surface area contributed by atoms with Crippen molar-refractivity contribution in [3.05, 3.63) is 30.1 Å². The van der Waals surface area contributed by atoms with Crippen LogP contribution >= 0.6 is 0 Å². The Kier molecular flexibility index (Phi) is 7.33. The zero-order chi connectivity index (χ0) is 19.0. The molecule has 2 aliphatic heterocycles. The van der Waals surface area contributed by atoms with Crippen molar-refractivity contribution in [2.24, 2.45) is 0 Å². The Balaban J connectivity index is 0.00000261. The van der Waals surface area contributed by atoms with Gasteiger partial charge in [-0.15, -0.1) is 0 Å². The van der Waals surface area contributed by atoms with Crippen LogP contribution < -0.4 is 34.7 Å². The van der Waals surface area contributed by atoms with Gasteiger partial charge in [0.2, 0.25) is 0 Å². The zero-order valence-electron chi connectivity index (χ0n) is 14.8. The second-order valence-electron chi connectivity index (χ2n) is 6.33. The van der Waals surface area contributed by atoms with Crippen molar-refractivity contribution < 1.29 is 69.0 Å². The summed E-state index contributed by atoms with van der Waals surface area (Å²) in [6, 6.07) is 3.23. The Hall–Kier alpha value is -1.11. The molecule has 2 saturated heterocycles. The van der Waals surface area contributed by atoms with Crippen molar-refractivity contribution >= 4 is 11.9 Å². The summed E-state index contributed by atoms with van der Waals surface area (Å²) in [5, 5.41) is 40.5. The van der Waals surface area contributed by atoms with Crippen LogP contribution in [0.25, 0.3) is 0 Å². The van der Waals surface area contributed by atoms with Crippen LogP contribution in [0.2, 0.25) is 0 Å². The molecule has 3 rings (SSSR count). The van der Waals surface area contributed by atoms with E-state index in [1.807, 2.05) is 6.07 Å². The van der Waals surface area contributed by atoms with Crippen LogP contribution in [0.1, 0.15) is 18.0 Å². The summed E-state index contributed by atoms with van der Waals surface area (Å²) in [6.45, 7) is 0. The van der Waals surface area contributed by atoms with Crippen molar-refractivity contribution in [3.8, 4) is 0 Å². The number of carbonyl (C=O) groups is 2. The molecule has 0 saturated carbocycles. The maximum absolute atomic E-state index is 12.4. The molecular weight excluding hydrogens is 371 g/mol. The van der Waals surface area contributed by atoms with Crippen LogP contribution in [0, 0.1) is 0 Å². The van der Waals surface area contributed by atoms with Gasteiger partial charge in [0.1, 0.15) is 30.5 Å². The van der Waals surface area contributed by atoms with Crippen molar-refractivity contribution in [2.75, 3.05) is 7.05 Å². The maximum atomic E-state index is 12.4. The van der Waals surface area contributed by atoms with Gasteiger partial charge < -0.3 is 39.6 Å². The largest absolute Gasteiger partial charge is 1.00 e. The van der Waals surface area contributed by atoms with E-state index in [2.05, 4.69) is 4.98 Å². The molecule has 142 valence electrons. The molecule has 0 spiro atoms. The minimum atomic E-state index is -1.89. The molecule has 3 N–H and O–H groups in total. The topological polar surface area (TPSA) is 152 Å². The molecule has 1 aromatic heterocycles. The zero-order valence-corrected chi connectivity index (χ0v) is 16.8. The molecule has 0 aliphatic carbocycles. The Bertz CT molecular complexity index is 678. The number of carboxylic acids is 1. The van der Waals surface area contributed by atoms with Gasteiger partial charge in [-0.3, -0.25) is 9.78 Å². The van der Waals surface area contributed by atoms with Gasteiger partial charge in [-0.1, -0.05) is 6.07 Å². The fourth-order valence-electron chi connectivity index (χ4n) is 3.21. The Morgan fingerprint density at radius 2 is 2.04 bits per heavy atom. The average molecular weight is 390 g/mol. The fourth-order valence-corrected chi connectivity index (χ4v) is 3.21. The number of aromatic nitrogens is 1. The van der Waals surface area contributed by atoms with E-state index >= 15 is 0 Å². The minimum absolute atomic E-state index is 0. The number of aliphatic hydroxyl groups is 3. The first-order valence-corrected chi connectivity index (χ1v) is 8.04. The number of carboxylic acid groups (broad SMARTS) is 1. The smallest absolute Gasteiger partial charge is 0.547 e. The summed E-state index contributed by atoms with van der Waals surface area (Å²) in [4.78, 5) is 28.9. The summed E-state index contributed by atoms with van der Waals surface area (Å²) in [6.07, 6.45) is -6.48. The Labute approximate surface area is 177 Å². The number of carbonyl (C=O) groups excluding carboxylic acids is 2. The third-order valence-corrected chi connectivity index (χ3v) is 4.70. The number of rotatable bonds is 4. The Morgan fingerprint density at radius 3 is 2.63 bits per heavy atom. The van der Waals surface area contributed by atoms with Crippen LogP contribution in [0.3, 0.4) is 0 Å². The van der Waals surface area contributed by atoms with Gasteiger partial charge in [-0.05, 0) is 11.6 Å². The summed E-state index contributed by atoms with van der Waals surface area (Å²) in [5.41, 5.74) is 0.794. The van der Waals surface area contributed by atoms with E-state index in [0.29, 0.717) is 0 Å². The molecule has 0 bridgehead atoms. The normalized spacial score (nSPS) is 36.4. The number of amides is 1. The van der Waals surface area contributed by atoms with E-state index in [4.69, 9.17) is 9.47 Å². The van der Waals surface area contributed by atoms with Gasteiger partial charge in [-0.25, -0.2) is 0 Å².